The number of nitrogens with one attached hydrogen (secondary N) is 1. The summed E-state index contributed by atoms with van der Waals surface area (Å²) in [6.45, 7) is 4.60. The molecule has 3 saturated heterocycles. The van der Waals surface area contributed by atoms with Crippen LogP contribution in [0.1, 0.15) is 18.6 Å². The number of halogens is 1. The fourth-order valence-corrected chi connectivity index (χ4v) is 3.93. The van der Waals surface area contributed by atoms with Crippen molar-refractivity contribution in [1.29, 1.82) is 0 Å². The van der Waals surface area contributed by atoms with Gasteiger partial charge in [-0.05, 0) is 56.1 Å². The maximum Gasteiger partial charge on any atom is 0.134 e. The smallest absolute Gasteiger partial charge is 0.134 e. The van der Waals surface area contributed by atoms with Crippen molar-refractivity contribution in [3.63, 3.8) is 0 Å². The Kier molecular flexibility index (Phi) is 4.07. The van der Waals surface area contributed by atoms with Crippen molar-refractivity contribution >= 4 is 15.9 Å². The largest absolute Gasteiger partial charge is 0.460 e. The van der Waals surface area contributed by atoms with Gasteiger partial charge < -0.3 is 14.6 Å². The van der Waals surface area contributed by atoms with Crippen LogP contribution in [-0.4, -0.2) is 30.6 Å². The minimum Gasteiger partial charge on any atom is -0.460 e. The van der Waals surface area contributed by atoms with E-state index in [0.29, 0.717) is 6.04 Å². The van der Waals surface area contributed by atoms with E-state index >= 15 is 0 Å². The first-order valence-corrected chi connectivity index (χ1v) is 8.87. The van der Waals surface area contributed by atoms with Crippen LogP contribution in [0.25, 0.3) is 11.3 Å². The van der Waals surface area contributed by atoms with Gasteiger partial charge in [-0.3, -0.25) is 0 Å². The van der Waals surface area contributed by atoms with E-state index in [4.69, 9.17) is 4.42 Å². The third-order valence-corrected chi connectivity index (χ3v) is 5.51. The van der Waals surface area contributed by atoms with Gasteiger partial charge in [-0.25, -0.2) is 0 Å². The first-order valence-electron chi connectivity index (χ1n) is 8.08. The second-order valence-electron chi connectivity index (χ2n) is 6.40. The van der Waals surface area contributed by atoms with E-state index in [1.54, 1.807) is 0 Å². The van der Waals surface area contributed by atoms with Gasteiger partial charge in [-0.1, -0.05) is 28.1 Å². The lowest BCUT2D eigenvalue weighted by Crippen LogP contribution is -2.55. The molecule has 1 atom stereocenters. The maximum absolute atomic E-state index is 5.99. The van der Waals surface area contributed by atoms with Gasteiger partial charge in [0.2, 0.25) is 0 Å². The van der Waals surface area contributed by atoms with Crippen LogP contribution in [0.5, 0.6) is 0 Å². The van der Waals surface area contributed by atoms with E-state index in [0.717, 1.165) is 34.0 Å². The molecule has 2 aromatic rings. The Morgan fingerprint density at radius 2 is 1.86 bits per heavy atom. The highest BCUT2D eigenvalue weighted by atomic mass is 79.9. The molecule has 4 heterocycles. The van der Waals surface area contributed by atoms with Crippen LogP contribution < -0.4 is 5.32 Å². The van der Waals surface area contributed by atoms with Crippen LogP contribution in [0.4, 0.5) is 0 Å². The van der Waals surface area contributed by atoms with Crippen molar-refractivity contribution in [2.24, 2.45) is 5.92 Å². The van der Waals surface area contributed by atoms with Gasteiger partial charge in [-0.15, -0.1) is 0 Å². The first kappa shape index (κ1) is 14.5. The van der Waals surface area contributed by atoms with Crippen molar-refractivity contribution in [2.75, 3.05) is 19.6 Å². The molecule has 0 aliphatic carbocycles. The Balaban J connectivity index is 1.39. The van der Waals surface area contributed by atoms with Crippen molar-refractivity contribution < 1.29 is 4.42 Å². The van der Waals surface area contributed by atoms with E-state index in [2.05, 4.69) is 50.4 Å². The molecule has 3 nitrogen and oxygen atoms in total. The third-order valence-electron chi connectivity index (χ3n) is 4.99. The van der Waals surface area contributed by atoms with Crippen LogP contribution in [0, 0.1) is 5.92 Å². The van der Waals surface area contributed by atoms with Crippen molar-refractivity contribution in [3.05, 3.63) is 46.6 Å². The molecule has 3 aliphatic heterocycles. The predicted molar refractivity (Wildman–Crippen MR) is 91.6 cm³/mol. The number of hydrogen-bond acceptors (Lipinski definition) is 3. The third kappa shape index (κ3) is 3.00. The summed E-state index contributed by atoms with van der Waals surface area (Å²) < 4.78 is 7.08. The highest BCUT2D eigenvalue weighted by Crippen LogP contribution is 2.28. The summed E-state index contributed by atoms with van der Waals surface area (Å²) in [7, 11) is 0. The zero-order chi connectivity index (χ0) is 14.9. The minimum atomic E-state index is 0.628. The Labute approximate surface area is 139 Å². The van der Waals surface area contributed by atoms with Gasteiger partial charge in [0.05, 0.1) is 6.54 Å². The second-order valence-corrected chi connectivity index (χ2v) is 7.31. The van der Waals surface area contributed by atoms with Gasteiger partial charge in [0.25, 0.3) is 0 Å². The number of fused-ring (bicyclic) bond motifs is 3. The molecule has 22 heavy (non-hydrogen) atoms. The number of furan rings is 1. The number of piperidine rings is 3. The monoisotopic (exact) mass is 360 g/mol. The number of hydrogen-bond donors (Lipinski definition) is 1. The Bertz CT molecular complexity index is 629. The van der Waals surface area contributed by atoms with Crippen LogP contribution >= 0.6 is 15.9 Å². The van der Waals surface area contributed by atoms with Crippen molar-refractivity contribution in [1.82, 2.24) is 10.2 Å². The van der Waals surface area contributed by atoms with Crippen LogP contribution in [0.3, 0.4) is 0 Å². The summed E-state index contributed by atoms with van der Waals surface area (Å²) in [6.07, 6.45) is 2.69. The topological polar surface area (TPSA) is 28.4 Å². The lowest BCUT2D eigenvalue weighted by Gasteiger charge is -2.45. The lowest BCUT2D eigenvalue weighted by molar-refractivity contribution is 0.0711. The fraction of sp³-hybridized carbons (Fsp3) is 0.444. The molecule has 0 unspecified atom stereocenters. The van der Waals surface area contributed by atoms with Gasteiger partial charge in [0, 0.05) is 22.6 Å². The summed E-state index contributed by atoms with van der Waals surface area (Å²) in [5, 5.41) is 3.70. The maximum atomic E-state index is 5.99. The second kappa shape index (κ2) is 6.19. The summed E-state index contributed by atoms with van der Waals surface area (Å²) in [5.41, 5.74) is 1.12. The molecule has 1 aromatic carbocycles. The summed E-state index contributed by atoms with van der Waals surface area (Å²) in [6, 6.07) is 13.0. The normalized spacial score (nSPS) is 27.2. The van der Waals surface area contributed by atoms with Gasteiger partial charge >= 0.3 is 0 Å². The molecule has 0 spiro atoms. The van der Waals surface area contributed by atoms with E-state index in [9.17, 15) is 0 Å². The number of nitrogens with zero attached hydrogens (tertiary/aromatic N) is 1. The Hall–Kier alpha value is -1.10. The summed E-state index contributed by atoms with van der Waals surface area (Å²) in [4.78, 5) is 2.58. The van der Waals surface area contributed by atoms with Crippen LogP contribution in [-0.2, 0) is 6.54 Å². The molecule has 3 fully saturated rings. The first-order chi connectivity index (χ1) is 10.8. The molecule has 0 radical (unpaired) electrons. The van der Waals surface area contributed by atoms with Crippen LogP contribution in [0.15, 0.2) is 45.3 Å². The molecule has 0 amide bonds. The molecule has 4 heteroatoms. The van der Waals surface area contributed by atoms with Gasteiger partial charge in [-0.2, -0.15) is 0 Å². The van der Waals surface area contributed by atoms with E-state index in [1.165, 1.54) is 32.5 Å². The van der Waals surface area contributed by atoms with E-state index in [-0.39, 0.29) is 0 Å². The number of rotatable bonds is 4. The van der Waals surface area contributed by atoms with Gasteiger partial charge in [0.15, 0.2) is 0 Å². The zero-order valence-electron chi connectivity index (χ0n) is 12.6. The summed E-state index contributed by atoms with van der Waals surface area (Å²) >= 11 is 3.46. The molecule has 1 N–H and O–H groups in total. The molecule has 2 bridgehead atoms. The zero-order valence-corrected chi connectivity index (χ0v) is 14.2. The molecule has 116 valence electrons. The minimum absolute atomic E-state index is 0.628. The average Bonchev–Trinajstić information content (AvgIpc) is 3.04. The van der Waals surface area contributed by atoms with Crippen molar-refractivity contribution in [3.8, 4) is 11.3 Å². The van der Waals surface area contributed by atoms with E-state index < -0.39 is 0 Å². The fourth-order valence-electron chi connectivity index (χ4n) is 3.67. The van der Waals surface area contributed by atoms with Crippen LogP contribution in [0.2, 0.25) is 0 Å². The molecular weight excluding hydrogens is 340 g/mol. The lowest BCUT2D eigenvalue weighted by atomic mass is 9.84. The van der Waals surface area contributed by atoms with E-state index in [1.807, 2.05) is 12.1 Å². The molecule has 5 rings (SSSR count). The SMILES string of the molecule is Brc1ccc(-c2ccc(CN[C@H]3CN4CCC3CC4)o2)cc1. The Morgan fingerprint density at radius 3 is 2.55 bits per heavy atom. The highest BCUT2D eigenvalue weighted by molar-refractivity contribution is 9.10. The predicted octanol–water partition coefficient (Wildman–Crippen LogP) is 3.89. The molecule has 3 aliphatic rings. The summed E-state index contributed by atoms with van der Waals surface area (Å²) in [5.74, 6) is 2.82. The van der Waals surface area contributed by atoms with Crippen molar-refractivity contribution in [2.45, 2.75) is 25.4 Å². The highest BCUT2D eigenvalue weighted by Gasteiger charge is 2.33. The standard InChI is InChI=1S/C18H21BrN2O/c19-15-3-1-14(2-4-15)18-6-5-16(22-18)11-20-17-12-21-9-7-13(17)8-10-21/h1-6,13,17,20H,7-12H2/t17-/m0/s1. The molecule has 0 saturated carbocycles. The molecule has 1 aromatic heterocycles. The van der Waals surface area contributed by atoms with Gasteiger partial charge in [0.1, 0.15) is 11.5 Å². The molecular formula is C18H21BrN2O. The average molecular weight is 361 g/mol. The Morgan fingerprint density at radius 1 is 1.09 bits per heavy atom. The quantitative estimate of drug-likeness (QED) is 0.896. The number of benzene rings is 1.